The van der Waals surface area contributed by atoms with Gasteiger partial charge in [0.2, 0.25) is 5.91 Å². The van der Waals surface area contributed by atoms with Crippen molar-refractivity contribution in [3.05, 3.63) is 54.1 Å². The third-order valence-corrected chi connectivity index (χ3v) is 8.31. The van der Waals surface area contributed by atoms with E-state index in [-0.39, 0.29) is 30.4 Å². The molecule has 4 heterocycles. The van der Waals surface area contributed by atoms with E-state index in [1.54, 1.807) is 35.3 Å². The van der Waals surface area contributed by atoms with Gasteiger partial charge in [-0.05, 0) is 49.6 Å². The number of benzene rings is 1. The highest BCUT2D eigenvalue weighted by molar-refractivity contribution is 7.22. The molecule has 3 aromatic heterocycles. The van der Waals surface area contributed by atoms with Gasteiger partial charge in [-0.2, -0.15) is 0 Å². The van der Waals surface area contributed by atoms with E-state index in [9.17, 15) is 14.0 Å². The quantitative estimate of drug-likeness (QED) is 0.310. The lowest BCUT2D eigenvalue weighted by atomic mass is 10.0. The summed E-state index contributed by atoms with van der Waals surface area (Å²) in [5.41, 5.74) is 1.97. The Morgan fingerprint density at radius 1 is 1.10 bits per heavy atom. The molecule has 1 saturated carbocycles. The number of likely N-dealkylation sites (N-methyl/N-ethyl adjacent to an activating group) is 1. The fourth-order valence-corrected chi connectivity index (χ4v) is 5.72. The van der Waals surface area contributed by atoms with Crippen molar-refractivity contribution in [2.24, 2.45) is 5.92 Å². The summed E-state index contributed by atoms with van der Waals surface area (Å²) in [6.45, 7) is 3.28. The summed E-state index contributed by atoms with van der Waals surface area (Å²) in [7, 11) is 2.05. The average Bonchev–Trinajstić information content (AvgIpc) is 3.41. The number of thiophene rings is 1. The second-order valence-electron chi connectivity index (χ2n) is 10.3. The van der Waals surface area contributed by atoms with Gasteiger partial charge in [0, 0.05) is 51.3 Å². The highest BCUT2D eigenvalue weighted by Crippen LogP contribution is 2.39. The number of ketones is 1. The van der Waals surface area contributed by atoms with Gasteiger partial charge in [0.25, 0.3) is 0 Å². The van der Waals surface area contributed by atoms with Crippen LogP contribution in [0.3, 0.4) is 0 Å². The minimum atomic E-state index is -0.513. The number of piperazine rings is 1. The zero-order valence-electron chi connectivity index (χ0n) is 21.7. The largest absolute Gasteiger partial charge is 0.453 e. The number of Topliss-reactive ketones (excluding diaryl/α,β-unsaturated/α-hetero) is 1. The van der Waals surface area contributed by atoms with Gasteiger partial charge in [0.1, 0.15) is 23.8 Å². The van der Waals surface area contributed by atoms with Crippen LogP contribution in [0.15, 0.2) is 42.7 Å². The first kappa shape index (κ1) is 25.6. The summed E-state index contributed by atoms with van der Waals surface area (Å²) in [6.07, 6.45) is 6.42. The Morgan fingerprint density at radius 2 is 1.92 bits per heavy atom. The Bertz CT molecular complexity index is 1520. The van der Waals surface area contributed by atoms with Gasteiger partial charge in [0.15, 0.2) is 11.6 Å². The van der Waals surface area contributed by atoms with Gasteiger partial charge in [-0.3, -0.25) is 14.6 Å². The van der Waals surface area contributed by atoms with Crippen LogP contribution in [0.5, 0.6) is 11.5 Å². The summed E-state index contributed by atoms with van der Waals surface area (Å²) in [5.74, 6) is 0.738. The number of halogens is 1. The summed E-state index contributed by atoms with van der Waals surface area (Å²) >= 11 is 1.41. The summed E-state index contributed by atoms with van der Waals surface area (Å²) < 4.78 is 23.1. The van der Waals surface area contributed by atoms with Crippen molar-refractivity contribution in [3.63, 3.8) is 0 Å². The maximum absolute atomic E-state index is 14.9. The molecular weight excluding hydrogens is 519 g/mol. The number of aromatic nitrogens is 4. The Kier molecular flexibility index (Phi) is 7.09. The molecular formula is C28H29FN6O3S. The zero-order valence-corrected chi connectivity index (χ0v) is 22.5. The molecule has 0 N–H and O–H groups in total. The number of amides is 1. The van der Waals surface area contributed by atoms with Crippen molar-refractivity contribution >= 4 is 33.2 Å². The summed E-state index contributed by atoms with van der Waals surface area (Å²) in [5, 5.41) is 8.42. The van der Waals surface area contributed by atoms with Gasteiger partial charge in [-0.15, -0.1) is 16.4 Å². The van der Waals surface area contributed by atoms with E-state index >= 15 is 0 Å². The predicted octanol–water partition coefficient (Wildman–Crippen LogP) is 4.17. The van der Waals surface area contributed by atoms with E-state index in [0.717, 1.165) is 35.5 Å². The molecule has 0 atom stereocenters. The van der Waals surface area contributed by atoms with Crippen LogP contribution < -0.4 is 4.74 Å². The number of carbonyl (C=O) groups is 2. The molecule has 11 heteroatoms. The van der Waals surface area contributed by atoms with Gasteiger partial charge in [0.05, 0.1) is 21.3 Å². The molecule has 2 aliphatic rings. The van der Waals surface area contributed by atoms with E-state index in [0.29, 0.717) is 48.0 Å². The Balaban J connectivity index is 1.15. The maximum atomic E-state index is 14.9. The lowest BCUT2D eigenvalue weighted by Crippen LogP contribution is -2.48. The number of rotatable bonds is 9. The van der Waals surface area contributed by atoms with Crippen LogP contribution in [0.25, 0.3) is 20.8 Å². The molecule has 1 amide bonds. The highest BCUT2D eigenvalue weighted by atomic mass is 32.1. The van der Waals surface area contributed by atoms with Crippen molar-refractivity contribution in [1.29, 1.82) is 0 Å². The van der Waals surface area contributed by atoms with Crippen molar-refractivity contribution in [1.82, 2.24) is 29.8 Å². The number of fused-ring (bicyclic) bond motifs is 1. The topological polar surface area (TPSA) is 93.5 Å². The van der Waals surface area contributed by atoms with Crippen LogP contribution in [0.1, 0.15) is 24.8 Å². The van der Waals surface area contributed by atoms with Crippen LogP contribution in [0.2, 0.25) is 0 Å². The lowest BCUT2D eigenvalue weighted by molar-refractivity contribution is -0.133. The second kappa shape index (κ2) is 10.8. The van der Waals surface area contributed by atoms with Crippen molar-refractivity contribution in [2.45, 2.75) is 32.2 Å². The number of nitrogens with zero attached hydrogens (tertiary/aromatic N) is 6. The van der Waals surface area contributed by atoms with E-state index in [4.69, 9.17) is 4.74 Å². The van der Waals surface area contributed by atoms with E-state index < -0.39 is 5.82 Å². The van der Waals surface area contributed by atoms with Crippen LogP contribution >= 0.6 is 11.3 Å². The first-order valence-electron chi connectivity index (χ1n) is 13.1. The maximum Gasteiger partial charge on any atom is 0.244 e. The van der Waals surface area contributed by atoms with Gasteiger partial charge >= 0.3 is 0 Å². The number of hydrogen-bond acceptors (Lipinski definition) is 8. The second-order valence-corrected chi connectivity index (χ2v) is 11.4. The molecule has 0 unspecified atom stereocenters. The lowest BCUT2D eigenvalue weighted by Gasteiger charge is -2.32. The fraction of sp³-hybridized carbons (Fsp3) is 0.393. The standard InChI is InChI=1S/C28H29FN6O3S/c1-33-8-10-34(11-9-33)27(37)17-35-16-23(31-32-35)26-15-22-28(39-26)25(6-7-30-22)38-24-5-4-19(14-21(24)29)13-20(36)12-18-2-3-18/h4-7,14-16,18H,2-3,8-13,17H2,1H3. The molecule has 0 spiro atoms. The molecule has 39 heavy (non-hydrogen) atoms. The number of carbonyl (C=O) groups excluding carboxylic acids is 2. The molecule has 2 fully saturated rings. The van der Waals surface area contributed by atoms with Crippen molar-refractivity contribution < 1.29 is 18.7 Å². The third kappa shape index (κ3) is 5.99. The number of pyridine rings is 1. The van der Waals surface area contributed by atoms with Crippen LogP contribution in [-0.4, -0.2) is 74.7 Å². The zero-order chi connectivity index (χ0) is 26.9. The molecule has 0 radical (unpaired) electrons. The summed E-state index contributed by atoms with van der Waals surface area (Å²) in [6, 6.07) is 8.26. The SMILES string of the molecule is CN1CCN(C(=O)Cn2cc(-c3cc4nccc(Oc5ccc(CC(=O)CC6CC6)cc5F)c4s3)nn2)CC1. The minimum Gasteiger partial charge on any atom is -0.453 e. The molecule has 1 aliphatic carbocycles. The Labute approximate surface area is 229 Å². The van der Waals surface area contributed by atoms with Crippen molar-refractivity contribution in [3.8, 4) is 22.1 Å². The van der Waals surface area contributed by atoms with Crippen LogP contribution in [0.4, 0.5) is 4.39 Å². The minimum absolute atomic E-state index is 0.0218. The normalized spacial score (nSPS) is 16.1. The molecule has 1 aliphatic heterocycles. The smallest absolute Gasteiger partial charge is 0.244 e. The molecule has 0 bridgehead atoms. The van der Waals surface area contributed by atoms with Crippen LogP contribution in [0, 0.1) is 11.7 Å². The van der Waals surface area contributed by atoms with E-state index in [1.807, 2.05) is 11.0 Å². The highest BCUT2D eigenvalue weighted by Gasteiger charge is 2.24. The molecule has 202 valence electrons. The van der Waals surface area contributed by atoms with Gasteiger partial charge < -0.3 is 14.5 Å². The first-order valence-corrected chi connectivity index (χ1v) is 14.0. The fourth-order valence-electron chi connectivity index (χ4n) is 4.70. The number of ether oxygens (including phenoxy) is 1. The Morgan fingerprint density at radius 3 is 2.69 bits per heavy atom. The average molecular weight is 549 g/mol. The molecule has 9 nitrogen and oxygen atoms in total. The predicted molar refractivity (Wildman–Crippen MR) is 145 cm³/mol. The molecule has 4 aromatic rings. The van der Waals surface area contributed by atoms with Crippen LogP contribution in [-0.2, 0) is 22.6 Å². The van der Waals surface area contributed by atoms with E-state index in [1.165, 1.54) is 17.4 Å². The Hall–Kier alpha value is -3.70. The summed E-state index contributed by atoms with van der Waals surface area (Å²) in [4.78, 5) is 34.1. The molecule has 1 saturated heterocycles. The number of hydrogen-bond donors (Lipinski definition) is 0. The van der Waals surface area contributed by atoms with E-state index in [2.05, 4.69) is 27.2 Å². The first-order chi connectivity index (χ1) is 18.9. The van der Waals surface area contributed by atoms with Crippen molar-refractivity contribution in [2.75, 3.05) is 33.2 Å². The molecule has 1 aromatic carbocycles. The molecule has 6 rings (SSSR count). The monoisotopic (exact) mass is 548 g/mol. The van der Waals surface area contributed by atoms with Gasteiger partial charge in [-0.25, -0.2) is 9.07 Å². The third-order valence-electron chi connectivity index (χ3n) is 7.15. The van der Waals surface area contributed by atoms with Gasteiger partial charge in [-0.1, -0.05) is 11.3 Å².